The summed E-state index contributed by atoms with van der Waals surface area (Å²) in [5, 5.41) is 3.31. The highest BCUT2D eigenvalue weighted by molar-refractivity contribution is 5.88. The van der Waals surface area contributed by atoms with Gasteiger partial charge in [-0.25, -0.2) is 0 Å². The second-order valence-corrected chi connectivity index (χ2v) is 6.17. The lowest BCUT2D eigenvalue weighted by Gasteiger charge is -2.13. The summed E-state index contributed by atoms with van der Waals surface area (Å²) in [6, 6.07) is 14.4. The van der Waals surface area contributed by atoms with Crippen molar-refractivity contribution in [2.24, 2.45) is 0 Å². The van der Waals surface area contributed by atoms with E-state index in [4.69, 9.17) is 9.47 Å². The van der Waals surface area contributed by atoms with Crippen LogP contribution in [0.1, 0.15) is 25.5 Å². The summed E-state index contributed by atoms with van der Waals surface area (Å²) in [5.74, 6) is 1.48. The number of rotatable bonds is 5. The molecule has 27 heavy (non-hydrogen) atoms. The third-order valence-corrected chi connectivity index (χ3v) is 4.47. The van der Waals surface area contributed by atoms with E-state index in [9.17, 15) is 0 Å². The maximum Gasteiger partial charge on any atom is 0.161 e. The van der Waals surface area contributed by atoms with Crippen LogP contribution in [-0.4, -0.2) is 23.7 Å². The van der Waals surface area contributed by atoms with Gasteiger partial charge in [0.25, 0.3) is 0 Å². The standard InChI is InChI=1S/C22H20N2O2.CH4/c1-3-26-22-11-19-17(13-23-14-18(19)10-21(22)25-2)9-15-8-16-6-4-5-7-20(16)24-12-15;/h4-8,10-14H,3,9H2,1-2H3;1H4. The summed E-state index contributed by atoms with van der Waals surface area (Å²) < 4.78 is 11.2. The van der Waals surface area contributed by atoms with Crippen LogP contribution < -0.4 is 9.47 Å². The van der Waals surface area contributed by atoms with E-state index in [0.717, 1.165) is 50.7 Å². The van der Waals surface area contributed by atoms with Gasteiger partial charge in [0.05, 0.1) is 19.2 Å². The Morgan fingerprint density at radius 1 is 0.926 bits per heavy atom. The number of benzene rings is 2. The third kappa shape index (κ3) is 3.70. The monoisotopic (exact) mass is 360 g/mol. The molecule has 2 heterocycles. The molecule has 0 aliphatic rings. The van der Waals surface area contributed by atoms with Gasteiger partial charge in [-0.05, 0) is 47.7 Å². The number of methoxy groups -OCH3 is 1. The van der Waals surface area contributed by atoms with Crippen LogP contribution in [0.5, 0.6) is 11.5 Å². The van der Waals surface area contributed by atoms with Gasteiger partial charge < -0.3 is 9.47 Å². The minimum absolute atomic E-state index is 0. The normalized spacial score (nSPS) is 10.6. The van der Waals surface area contributed by atoms with Gasteiger partial charge in [0.1, 0.15) is 0 Å². The van der Waals surface area contributed by atoms with Gasteiger partial charge >= 0.3 is 0 Å². The number of para-hydroxylation sites is 1. The molecule has 0 radical (unpaired) electrons. The van der Waals surface area contributed by atoms with Crippen LogP contribution in [0.4, 0.5) is 0 Å². The molecule has 4 rings (SSSR count). The Kier molecular flexibility index (Phi) is 5.55. The summed E-state index contributed by atoms with van der Waals surface area (Å²) in [5.41, 5.74) is 3.31. The van der Waals surface area contributed by atoms with Crippen molar-refractivity contribution in [1.29, 1.82) is 0 Å². The molecule has 0 amide bonds. The Bertz CT molecular complexity index is 1080. The first kappa shape index (κ1) is 18.6. The maximum atomic E-state index is 5.74. The molecule has 138 valence electrons. The SMILES string of the molecule is C.CCOc1cc2c(Cc3cnc4ccccc4c3)cncc2cc1OC. The van der Waals surface area contributed by atoms with E-state index in [0.29, 0.717) is 6.61 Å². The molecule has 4 aromatic rings. The number of hydrogen-bond acceptors (Lipinski definition) is 4. The zero-order chi connectivity index (χ0) is 17.9. The quantitative estimate of drug-likeness (QED) is 0.477. The first-order chi connectivity index (χ1) is 12.8. The van der Waals surface area contributed by atoms with Crippen molar-refractivity contribution >= 4 is 21.7 Å². The lowest BCUT2D eigenvalue weighted by atomic mass is 10.0. The Hall–Kier alpha value is -3.14. The van der Waals surface area contributed by atoms with Gasteiger partial charge in [-0.1, -0.05) is 25.6 Å². The highest BCUT2D eigenvalue weighted by atomic mass is 16.5. The van der Waals surface area contributed by atoms with Crippen molar-refractivity contribution in [3.63, 3.8) is 0 Å². The van der Waals surface area contributed by atoms with E-state index < -0.39 is 0 Å². The van der Waals surface area contributed by atoms with Crippen LogP contribution in [0, 0.1) is 0 Å². The van der Waals surface area contributed by atoms with Gasteiger partial charge in [-0.2, -0.15) is 0 Å². The topological polar surface area (TPSA) is 44.2 Å². The minimum Gasteiger partial charge on any atom is -0.493 e. The van der Waals surface area contributed by atoms with Crippen molar-refractivity contribution < 1.29 is 9.47 Å². The summed E-state index contributed by atoms with van der Waals surface area (Å²) in [6.07, 6.45) is 6.48. The average molecular weight is 360 g/mol. The smallest absolute Gasteiger partial charge is 0.161 e. The van der Waals surface area contributed by atoms with E-state index in [1.54, 1.807) is 7.11 Å². The summed E-state index contributed by atoms with van der Waals surface area (Å²) in [7, 11) is 1.65. The first-order valence-corrected chi connectivity index (χ1v) is 8.69. The van der Waals surface area contributed by atoms with Gasteiger partial charge in [0, 0.05) is 35.8 Å². The van der Waals surface area contributed by atoms with Crippen molar-refractivity contribution in [1.82, 2.24) is 9.97 Å². The molecule has 2 aromatic carbocycles. The van der Waals surface area contributed by atoms with E-state index in [2.05, 4.69) is 22.1 Å². The molecule has 0 aliphatic heterocycles. The van der Waals surface area contributed by atoms with Crippen molar-refractivity contribution in [3.8, 4) is 11.5 Å². The lowest BCUT2D eigenvalue weighted by Crippen LogP contribution is -1.98. The van der Waals surface area contributed by atoms with E-state index in [-0.39, 0.29) is 7.43 Å². The first-order valence-electron chi connectivity index (χ1n) is 8.69. The summed E-state index contributed by atoms with van der Waals surface area (Å²) in [6.45, 7) is 2.56. The van der Waals surface area contributed by atoms with Gasteiger partial charge in [0.15, 0.2) is 11.5 Å². The van der Waals surface area contributed by atoms with Crippen LogP contribution in [0.3, 0.4) is 0 Å². The molecule has 0 saturated heterocycles. The lowest BCUT2D eigenvalue weighted by molar-refractivity contribution is 0.311. The highest BCUT2D eigenvalue weighted by Gasteiger charge is 2.11. The second kappa shape index (κ2) is 8.04. The molecule has 0 N–H and O–H groups in total. The fourth-order valence-electron chi connectivity index (χ4n) is 3.24. The molecule has 0 atom stereocenters. The van der Waals surface area contributed by atoms with Gasteiger partial charge in [0.2, 0.25) is 0 Å². The molecule has 0 saturated carbocycles. The molecule has 0 aliphatic carbocycles. The molecule has 2 aromatic heterocycles. The third-order valence-electron chi connectivity index (χ3n) is 4.47. The van der Waals surface area contributed by atoms with Crippen molar-refractivity contribution in [2.45, 2.75) is 20.8 Å². The van der Waals surface area contributed by atoms with Crippen LogP contribution in [0.15, 0.2) is 61.1 Å². The Morgan fingerprint density at radius 3 is 2.59 bits per heavy atom. The van der Waals surface area contributed by atoms with Crippen molar-refractivity contribution in [2.75, 3.05) is 13.7 Å². The number of nitrogens with zero attached hydrogens (tertiary/aromatic N) is 2. The number of ether oxygens (including phenoxy) is 2. The number of fused-ring (bicyclic) bond motifs is 2. The largest absolute Gasteiger partial charge is 0.493 e. The number of aromatic nitrogens is 2. The molecule has 0 spiro atoms. The van der Waals surface area contributed by atoms with E-state index in [1.165, 1.54) is 0 Å². The predicted octanol–water partition coefficient (Wildman–Crippen LogP) is 5.42. The van der Waals surface area contributed by atoms with Crippen LogP contribution in [0.2, 0.25) is 0 Å². The molecule has 4 nitrogen and oxygen atoms in total. The molecular formula is C23H24N2O2. The average Bonchev–Trinajstić information content (AvgIpc) is 2.68. The predicted molar refractivity (Wildman–Crippen MR) is 111 cm³/mol. The summed E-state index contributed by atoms with van der Waals surface area (Å²) >= 11 is 0. The fraction of sp³-hybridized carbons (Fsp3) is 0.217. The Labute approximate surface area is 159 Å². The van der Waals surface area contributed by atoms with E-state index >= 15 is 0 Å². The van der Waals surface area contributed by atoms with Gasteiger partial charge in [-0.15, -0.1) is 0 Å². The van der Waals surface area contributed by atoms with Crippen LogP contribution in [-0.2, 0) is 6.42 Å². The maximum absolute atomic E-state index is 5.74. The Balaban J connectivity index is 0.00000210. The van der Waals surface area contributed by atoms with Gasteiger partial charge in [-0.3, -0.25) is 9.97 Å². The van der Waals surface area contributed by atoms with E-state index in [1.807, 2.05) is 55.8 Å². The molecule has 4 heteroatoms. The highest BCUT2D eigenvalue weighted by Crippen LogP contribution is 2.34. The fourth-order valence-corrected chi connectivity index (χ4v) is 3.24. The molecule has 0 unspecified atom stereocenters. The Morgan fingerprint density at radius 2 is 1.78 bits per heavy atom. The van der Waals surface area contributed by atoms with Crippen LogP contribution >= 0.6 is 0 Å². The minimum atomic E-state index is 0. The zero-order valence-electron chi connectivity index (χ0n) is 14.9. The molecule has 0 fully saturated rings. The van der Waals surface area contributed by atoms with Crippen molar-refractivity contribution in [3.05, 3.63) is 72.2 Å². The number of hydrogen-bond donors (Lipinski definition) is 0. The number of pyridine rings is 2. The second-order valence-electron chi connectivity index (χ2n) is 6.17. The summed E-state index contributed by atoms with van der Waals surface area (Å²) in [4.78, 5) is 8.97. The zero-order valence-corrected chi connectivity index (χ0v) is 14.9. The molecular weight excluding hydrogens is 336 g/mol. The van der Waals surface area contributed by atoms with Crippen LogP contribution in [0.25, 0.3) is 21.7 Å². The molecule has 0 bridgehead atoms.